The van der Waals surface area contributed by atoms with Gasteiger partial charge in [0.25, 0.3) is 11.5 Å². The molecule has 1 aromatic heterocycles. The van der Waals surface area contributed by atoms with Crippen molar-refractivity contribution < 1.29 is 9.59 Å². The van der Waals surface area contributed by atoms with E-state index < -0.39 is 11.5 Å². The highest BCUT2D eigenvalue weighted by Crippen LogP contribution is 2.23. The predicted octanol–water partition coefficient (Wildman–Crippen LogP) is 2.07. The SMILES string of the molecule is C[C@@H]1CC(=O)c2cc(C(=O)NCc3ccccc3)c(=O)[nH]c2C1. The Balaban J connectivity index is 1.83. The number of carbonyl (C=O) groups is 2. The maximum Gasteiger partial charge on any atom is 0.261 e. The molecule has 0 unspecified atom stereocenters. The van der Waals surface area contributed by atoms with Crippen LogP contribution in [0, 0.1) is 5.92 Å². The minimum Gasteiger partial charge on any atom is -0.348 e. The second-order valence-corrected chi connectivity index (χ2v) is 6.01. The molecule has 5 nitrogen and oxygen atoms in total. The van der Waals surface area contributed by atoms with Crippen LogP contribution in [0.15, 0.2) is 41.2 Å². The van der Waals surface area contributed by atoms with Gasteiger partial charge in [0, 0.05) is 24.2 Å². The normalized spacial score (nSPS) is 16.7. The average molecular weight is 310 g/mol. The summed E-state index contributed by atoms with van der Waals surface area (Å²) in [5.41, 5.74) is 1.59. The number of ketones is 1. The van der Waals surface area contributed by atoms with Gasteiger partial charge in [-0.05, 0) is 24.0 Å². The highest BCUT2D eigenvalue weighted by Gasteiger charge is 2.25. The van der Waals surface area contributed by atoms with Crippen LogP contribution in [0.3, 0.4) is 0 Å². The van der Waals surface area contributed by atoms with Gasteiger partial charge in [-0.25, -0.2) is 0 Å². The molecular formula is C18H18N2O3. The topological polar surface area (TPSA) is 79.0 Å². The zero-order chi connectivity index (χ0) is 16.4. The van der Waals surface area contributed by atoms with E-state index in [0.717, 1.165) is 5.56 Å². The first kappa shape index (κ1) is 15.2. The lowest BCUT2D eigenvalue weighted by molar-refractivity contribution is 0.0949. The van der Waals surface area contributed by atoms with Crippen LogP contribution in [0.1, 0.15) is 45.3 Å². The van der Waals surface area contributed by atoms with Crippen LogP contribution in [0.4, 0.5) is 0 Å². The molecule has 0 aliphatic heterocycles. The Labute approximate surface area is 133 Å². The smallest absolute Gasteiger partial charge is 0.261 e. The van der Waals surface area contributed by atoms with Crippen LogP contribution in [0.2, 0.25) is 0 Å². The number of carbonyl (C=O) groups excluding carboxylic acids is 2. The van der Waals surface area contributed by atoms with Gasteiger partial charge in [0.05, 0.1) is 0 Å². The highest BCUT2D eigenvalue weighted by atomic mass is 16.2. The number of hydrogen-bond acceptors (Lipinski definition) is 3. The zero-order valence-corrected chi connectivity index (χ0v) is 12.9. The van der Waals surface area contributed by atoms with Gasteiger partial charge in [0.1, 0.15) is 5.56 Å². The Bertz CT molecular complexity index is 809. The lowest BCUT2D eigenvalue weighted by Gasteiger charge is -2.20. The van der Waals surface area contributed by atoms with Crippen LogP contribution in [-0.4, -0.2) is 16.7 Å². The van der Waals surface area contributed by atoms with Crippen LogP contribution >= 0.6 is 0 Å². The number of pyridine rings is 1. The number of aromatic amines is 1. The molecule has 1 aliphatic rings. The van der Waals surface area contributed by atoms with Gasteiger partial charge >= 0.3 is 0 Å². The Morgan fingerprint density at radius 2 is 1.96 bits per heavy atom. The number of hydrogen-bond donors (Lipinski definition) is 2. The first-order valence-electron chi connectivity index (χ1n) is 7.66. The van der Waals surface area contributed by atoms with Gasteiger partial charge in [-0.1, -0.05) is 37.3 Å². The third-order valence-corrected chi connectivity index (χ3v) is 4.05. The van der Waals surface area contributed by atoms with Crippen molar-refractivity contribution in [3.05, 3.63) is 69.1 Å². The van der Waals surface area contributed by atoms with Gasteiger partial charge in [-0.2, -0.15) is 0 Å². The van der Waals surface area contributed by atoms with Gasteiger partial charge in [0.2, 0.25) is 0 Å². The molecule has 23 heavy (non-hydrogen) atoms. The van der Waals surface area contributed by atoms with Crippen molar-refractivity contribution in [2.24, 2.45) is 5.92 Å². The minimum atomic E-state index is -0.468. The number of nitrogens with one attached hydrogen (secondary N) is 2. The Hall–Kier alpha value is -2.69. The second-order valence-electron chi connectivity index (χ2n) is 6.01. The van der Waals surface area contributed by atoms with Crippen LogP contribution < -0.4 is 10.9 Å². The first-order valence-corrected chi connectivity index (χ1v) is 7.66. The summed E-state index contributed by atoms with van der Waals surface area (Å²) in [7, 11) is 0. The van der Waals surface area contributed by atoms with Crippen molar-refractivity contribution in [3.63, 3.8) is 0 Å². The molecule has 0 bridgehead atoms. The highest BCUT2D eigenvalue weighted by molar-refractivity contribution is 6.01. The summed E-state index contributed by atoms with van der Waals surface area (Å²) < 4.78 is 0. The largest absolute Gasteiger partial charge is 0.348 e. The van der Waals surface area contributed by atoms with E-state index in [1.54, 1.807) is 0 Å². The number of benzene rings is 1. The van der Waals surface area contributed by atoms with E-state index in [0.29, 0.717) is 30.6 Å². The average Bonchev–Trinajstić information content (AvgIpc) is 2.53. The van der Waals surface area contributed by atoms with Crippen molar-refractivity contribution in [1.29, 1.82) is 0 Å². The van der Waals surface area contributed by atoms with Gasteiger partial charge in [0.15, 0.2) is 5.78 Å². The van der Waals surface area contributed by atoms with E-state index in [-0.39, 0.29) is 17.3 Å². The molecule has 5 heteroatoms. The number of Topliss-reactive ketones (excluding diaryl/α,β-unsaturated/α-hetero) is 1. The van der Waals surface area contributed by atoms with E-state index in [1.165, 1.54) is 6.07 Å². The molecule has 118 valence electrons. The molecule has 2 aromatic rings. The molecule has 0 radical (unpaired) electrons. The number of aromatic nitrogens is 1. The number of fused-ring (bicyclic) bond motifs is 1. The van der Waals surface area contributed by atoms with Gasteiger partial charge in [-0.3, -0.25) is 14.4 Å². The van der Waals surface area contributed by atoms with E-state index in [9.17, 15) is 14.4 Å². The maximum absolute atomic E-state index is 12.3. The molecule has 0 spiro atoms. The maximum atomic E-state index is 12.3. The number of H-pyrrole nitrogens is 1. The van der Waals surface area contributed by atoms with Crippen LogP contribution in [0.25, 0.3) is 0 Å². The zero-order valence-electron chi connectivity index (χ0n) is 12.9. The quantitative estimate of drug-likeness (QED) is 0.911. The van der Waals surface area contributed by atoms with Crippen molar-refractivity contribution in [2.45, 2.75) is 26.3 Å². The summed E-state index contributed by atoms with van der Waals surface area (Å²) >= 11 is 0. The molecule has 1 aliphatic carbocycles. The Kier molecular flexibility index (Phi) is 4.10. The fourth-order valence-electron chi connectivity index (χ4n) is 2.87. The predicted molar refractivity (Wildman–Crippen MR) is 86.5 cm³/mol. The van der Waals surface area contributed by atoms with Crippen LogP contribution in [0.5, 0.6) is 0 Å². The third kappa shape index (κ3) is 3.23. The summed E-state index contributed by atoms with van der Waals surface area (Å²) in [4.78, 5) is 39.2. The Morgan fingerprint density at radius 3 is 2.70 bits per heavy atom. The first-order chi connectivity index (χ1) is 11.0. The monoisotopic (exact) mass is 310 g/mol. The summed E-state index contributed by atoms with van der Waals surface area (Å²) in [5.74, 6) is -0.278. The van der Waals surface area contributed by atoms with Crippen molar-refractivity contribution in [3.8, 4) is 0 Å². The third-order valence-electron chi connectivity index (χ3n) is 4.05. The molecule has 1 heterocycles. The van der Waals surface area contributed by atoms with Crippen molar-refractivity contribution >= 4 is 11.7 Å². The van der Waals surface area contributed by atoms with E-state index in [1.807, 2.05) is 37.3 Å². The summed E-state index contributed by atoms with van der Waals surface area (Å²) in [6.07, 6.45) is 1.10. The van der Waals surface area contributed by atoms with Crippen molar-refractivity contribution in [2.75, 3.05) is 0 Å². The summed E-state index contributed by atoms with van der Waals surface area (Å²) in [6.45, 7) is 2.31. The molecule has 0 saturated heterocycles. The lowest BCUT2D eigenvalue weighted by atomic mass is 9.86. The molecule has 1 atom stereocenters. The lowest BCUT2D eigenvalue weighted by Crippen LogP contribution is -2.32. The summed E-state index contributed by atoms with van der Waals surface area (Å²) in [6, 6.07) is 10.9. The molecule has 2 N–H and O–H groups in total. The molecule has 1 amide bonds. The van der Waals surface area contributed by atoms with E-state index in [2.05, 4.69) is 10.3 Å². The van der Waals surface area contributed by atoms with E-state index >= 15 is 0 Å². The number of rotatable bonds is 3. The molecule has 1 aromatic carbocycles. The van der Waals surface area contributed by atoms with E-state index in [4.69, 9.17) is 0 Å². The standard InChI is InChI=1S/C18H18N2O3/c1-11-7-15-13(16(21)8-11)9-14(18(23)20-15)17(22)19-10-12-5-3-2-4-6-12/h2-6,9,11H,7-8,10H2,1H3,(H,19,22)(H,20,23)/t11-/m0/s1. The summed E-state index contributed by atoms with van der Waals surface area (Å²) in [5, 5.41) is 2.72. The fourth-order valence-corrected chi connectivity index (χ4v) is 2.87. The van der Waals surface area contributed by atoms with Gasteiger partial charge in [-0.15, -0.1) is 0 Å². The second kappa shape index (κ2) is 6.20. The van der Waals surface area contributed by atoms with Gasteiger partial charge < -0.3 is 10.3 Å². The van der Waals surface area contributed by atoms with Crippen LogP contribution in [-0.2, 0) is 13.0 Å². The molecule has 0 fully saturated rings. The molecule has 3 rings (SSSR count). The molecular weight excluding hydrogens is 292 g/mol. The fraction of sp³-hybridized carbons (Fsp3) is 0.278. The van der Waals surface area contributed by atoms with Crippen molar-refractivity contribution in [1.82, 2.24) is 10.3 Å². The minimum absolute atomic E-state index is 0.0115. The number of amides is 1. The molecule has 0 saturated carbocycles. The Morgan fingerprint density at radius 1 is 1.22 bits per heavy atom.